The molecule has 0 aliphatic rings. The monoisotopic (exact) mass is 413 g/mol. The predicted octanol–water partition coefficient (Wildman–Crippen LogP) is 3.78. The lowest BCUT2D eigenvalue weighted by molar-refractivity contribution is -0.124. The van der Waals surface area contributed by atoms with Crippen molar-refractivity contribution in [3.63, 3.8) is 0 Å². The average Bonchev–Trinajstić information content (AvgIpc) is 2.99. The van der Waals surface area contributed by atoms with E-state index >= 15 is 0 Å². The lowest BCUT2D eigenvalue weighted by atomic mass is 10.1. The molecule has 0 atom stereocenters. The quantitative estimate of drug-likeness (QED) is 0.206. The minimum atomic E-state index is -0.542. The van der Waals surface area contributed by atoms with Gasteiger partial charge in [0.1, 0.15) is 0 Å². The third kappa shape index (κ3) is 4.60. The van der Waals surface area contributed by atoms with Crippen LogP contribution < -0.4 is 10.8 Å². The highest BCUT2D eigenvalue weighted by atomic mass is 79.9. The SMILES string of the molecule is O=C(C=Cc1ccc(CNCCc2c(Br)[nH]c3ccccc23)cc1)NO. The van der Waals surface area contributed by atoms with Gasteiger partial charge in [0.2, 0.25) is 0 Å². The van der Waals surface area contributed by atoms with Crippen molar-refractivity contribution in [1.29, 1.82) is 0 Å². The molecule has 0 bridgehead atoms. The van der Waals surface area contributed by atoms with E-state index < -0.39 is 5.91 Å². The first-order valence-corrected chi connectivity index (χ1v) is 9.13. The van der Waals surface area contributed by atoms with E-state index in [-0.39, 0.29) is 0 Å². The van der Waals surface area contributed by atoms with Crippen LogP contribution in [0, 0.1) is 0 Å². The van der Waals surface area contributed by atoms with Crippen molar-refractivity contribution in [2.45, 2.75) is 13.0 Å². The van der Waals surface area contributed by atoms with Gasteiger partial charge in [-0.3, -0.25) is 10.0 Å². The molecule has 1 heterocycles. The highest BCUT2D eigenvalue weighted by Crippen LogP contribution is 2.26. The molecule has 4 N–H and O–H groups in total. The van der Waals surface area contributed by atoms with Gasteiger partial charge in [0.25, 0.3) is 5.91 Å². The van der Waals surface area contributed by atoms with E-state index in [1.54, 1.807) is 11.6 Å². The maximum absolute atomic E-state index is 11.0. The van der Waals surface area contributed by atoms with Gasteiger partial charge in [-0.15, -0.1) is 0 Å². The van der Waals surface area contributed by atoms with Crippen LogP contribution in [0.5, 0.6) is 0 Å². The number of rotatable bonds is 7. The van der Waals surface area contributed by atoms with Crippen molar-refractivity contribution >= 4 is 38.8 Å². The smallest absolute Gasteiger partial charge is 0.267 e. The molecule has 0 saturated heterocycles. The molecule has 26 heavy (non-hydrogen) atoms. The van der Waals surface area contributed by atoms with E-state index in [0.717, 1.165) is 35.2 Å². The molecule has 0 aliphatic heterocycles. The number of hydrogen-bond acceptors (Lipinski definition) is 3. The van der Waals surface area contributed by atoms with Crippen LogP contribution in [0.1, 0.15) is 16.7 Å². The van der Waals surface area contributed by atoms with Gasteiger partial charge in [0.05, 0.1) is 4.60 Å². The average molecular weight is 414 g/mol. The van der Waals surface area contributed by atoms with Crippen LogP contribution in [0.4, 0.5) is 0 Å². The fourth-order valence-corrected chi connectivity index (χ4v) is 3.44. The highest BCUT2D eigenvalue weighted by molar-refractivity contribution is 9.10. The summed E-state index contributed by atoms with van der Waals surface area (Å²) < 4.78 is 1.04. The van der Waals surface area contributed by atoms with E-state index in [2.05, 4.69) is 44.4 Å². The Bertz CT molecular complexity index is 916. The van der Waals surface area contributed by atoms with E-state index in [9.17, 15) is 4.79 Å². The van der Waals surface area contributed by atoms with Gasteiger partial charge in [-0.2, -0.15) is 0 Å². The second kappa shape index (κ2) is 8.80. The van der Waals surface area contributed by atoms with E-state index in [1.807, 2.05) is 30.3 Å². The van der Waals surface area contributed by atoms with Gasteiger partial charge in [-0.25, -0.2) is 5.48 Å². The fraction of sp³-hybridized carbons (Fsp3) is 0.150. The van der Waals surface area contributed by atoms with E-state index in [0.29, 0.717) is 0 Å². The summed E-state index contributed by atoms with van der Waals surface area (Å²) in [6.45, 7) is 1.65. The number of para-hydroxylation sites is 1. The molecular weight excluding hydrogens is 394 g/mol. The Hall–Kier alpha value is -2.41. The summed E-state index contributed by atoms with van der Waals surface area (Å²) in [4.78, 5) is 14.3. The molecule has 1 aromatic heterocycles. The lowest BCUT2D eigenvalue weighted by Crippen LogP contribution is -2.16. The standard InChI is InChI=1S/C20H20BrN3O2/c21-20-17(16-3-1-2-4-18(16)23-20)11-12-22-13-15-7-5-14(6-8-15)9-10-19(25)24-26/h1-10,22-23,26H,11-13H2,(H,24,25). The third-order valence-corrected chi connectivity index (χ3v) is 4.84. The molecule has 0 spiro atoms. The Morgan fingerprint density at radius 2 is 1.92 bits per heavy atom. The Kier molecular flexibility index (Phi) is 6.22. The number of hydrogen-bond donors (Lipinski definition) is 4. The zero-order chi connectivity index (χ0) is 18.4. The summed E-state index contributed by atoms with van der Waals surface area (Å²) >= 11 is 3.61. The van der Waals surface area contributed by atoms with E-state index in [1.165, 1.54) is 22.6 Å². The van der Waals surface area contributed by atoms with Crippen LogP contribution in [0.2, 0.25) is 0 Å². The predicted molar refractivity (Wildman–Crippen MR) is 107 cm³/mol. The molecule has 3 rings (SSSR count). The molecule has 3 aromatic rings. The molecule has 0 saturated carbocycles. The number of carbonyl (C=O) groups excluding carboxylic acids is 1. The van der Waals surface area contributed by atoms with Crippen LogP contribution >= 0.6 is 15.9 Å². The van der Waals surface area contributed by atoms with Gasteiger partial charge in [-0.05, 0) is 57.7 Å². The fourth-order valence-electron chi connectivity index (χ4n) is 2.81. The normalized spacial score (nSPS) is 11.3. The number of benzene rings is 2. The molecule has 0 aliphatic carbocycles. The molecule has 5 nitrogen and oxygen atoms in total. The zero-order valence-corrected chi connectivity index (χ0v) is 15.7. The topological polar surface area (TPSA) is 77.2 Å². The number of aromatic amines is 1. The molecule has 0 unspecified atom stereocenters. The number of hydroxylamine groups is 1. The number of nitrogens with one attached hydrogen (secondary N) is 3. The summed E-state index contributed by atoms with van der Waals surface area (Å²) in [7, 11) is 0. The Morgan fingerprint density at radius 1 is 1.15 bits per heavy atom. The van der Waals surface area contributed by atoms with Crippen LogP contribution in [0.3, 0.4) is 0 Å². The second-order valence-corrected chi connectivity index (χ2v) is 6.73. The number of fused-ring (bicyclic) bond motifs is 1. The second-order valence-electron chi connectivity index (χ2n) is 5.94. The minimum absolute atomic E-state index is 0.542. The van der Waals surface area contributed by atoms with Crippen LogP contribution in [0.15, 0.2) is 59.2 Å². The molecule has 0 fully saturated rings. The molecule has 1 amide bonds. The van der Waals surface area contributed by atoms with Crippen molar-refractivity contribution in [3.05, 3.63) is 75.9 Å². The number of amides is 1. The number of H-pyrrole nitrogens is 1. The zero-order valence-electron chi connectivity index (χ0n) is 14.1. The molecule has 0 radical (unpaired) electrons. The first-order valence-electron chi connectivity index (χ1n) is 8.34. The first-order chi connectivity index (χ1) is 12.7. The third-order valence-electron chi connectivity index (χ3n) is 4.16. The Labute approximate surface area is 160 Å². The van der Waals surface area contributed by atoms with Crippen LogP contribution in [0.25, 0.3) is 17.0 Å². The van der Waals surface area contributed by atoms with Crippen molar-refractivity contribution in [3.8, 4) is 0 Å². The van der Waals surface area contributed by atoms with E-state index in [4.69, 9.17) is 5.21 Å². The van der Waals surface area contributed by atoms with Gasteiger partial charge in [0.15, 0.2) is 0 Å². The van der Waals surface area contributed by atoms with Crippen molar-refractivity contribution in [2.24, 2.45) is 0 Å². The molecule has 134 valence electrons. The molecular formula is C20H20BrN3O2. The summed E-state index contributed by atoms with van der Waals surface area (Å²) in [5.74, 6) is -0.542. The summed E-state index contributed by atoms with van der Waals surface area (Å²) in [5.41, 5.74) is 6.08. The van der Waals surface area contributed by atoms with Crippen molar-refractivity contribution in [1.82, 2.24) is 15.8 Å². The van der Waals surface area contributed by atoms with Crippen LogP contribution in [-0.2, 0) is 17.8 Å². The van der Waals surface area contributed by atoms with Gasteiger partial charge < -0.3 is 10.3 Å². The lowest BCUT2D eigenvalue weighted by Gasteiger charge is -2.06. The maximum atomic E-state index is 11.0. The summed E-state index contributed by atoms with van der Waals surface area (Å²) in [6, 6.07) is 16.2. The number of aromatic nitrogens is 1. The first kappa shape index (κ1) is 18.4. The van der Waals surface area contributed by atoms with Crippen molar-refractivity contribution < 1.29 is 10.0 Å². The van der Waals surface area contributed by atoms with Gasteiger partial charge in [0, 0.05) is 23.5 Å². The summed E-state index contributed by atoms with van der Waals surface area (Å²) in [6.07, 6.45) is 3.87. The Morgan fingerprint density at radius 3 is 2.69 bits per heavy atom. The summed E-state index contributed by atoms with van der Waals surface area (Å²) in [5, 5.41) is 13.2. The van der Waals surface area contributed by atoms with Gasteiger partial charge in [-0.1, -0.05) is 42.5 Å². The molecule has 2 aromatic carbocycles. The largest absolute Gasteiger partial charge is 0.349 e. The van der Waals surface area contributed by atoms with Crippen molar-refractivity contribution in [2.75, 3.05) is 6.54 Å². The minimum Gasteiger partial charge on any atom is -0.349 e. The van der Waals surface area contributed by atoms with Crippen LogP contribution in [-0.4, -0.2) is 22.6 Å². The molecule has 6 heteroatoms. The highest BCUT2D eigenvalue weighted by Gasteiger charge is 2.08. The number of carbonyl (C=O) groups is 1. The number of halogens is 1. The van der Waals surface area contributed by atoms with Gasteiger partial charge >= 0.3 is 0 Å². The Balaban J connectivity index is 1.51. The maximum Gasteiger partial charge on any atom is 0.267 e.